The van der Waals surface area contributed by atoms with Gasteiger partial charge in [0.1, 0.15) is 12.4 Å². The van der Waals surface area contributed by atoms with E-state index in [4.69, 9.17) is 9.47 Å². The number of rotatable bonds is 6. The van der Waals surface area contributed by atoms with Gasteiger partial charge in [-0.25, -0.2) is 4.39 Å². The van der Waals surface area contributed by atoms with Crippen LogP contribution in [0.1, 0.15) is 0 Å². The molecule has 0 fully saturated rings. The molecule has 0 aliphatic heterocycles. The molecule has 0 aliphatic carbocycles. The number of hydrogen-bond donors (Lipinski definition) is 1. The average molecular weight is 357 g/mol. The van der Waals surface area contributed by atoms with Crippen LogP contribution in [0.25, 0.3) is 11.4 Å². The summed E-state index contributed by atoms with van der Waals surface area (Å²) >= 11 is 0. The number of carbonyl (C=O) groups excluding carboxylic acids is 1. The second-order valence-corrected chi connectivity index (χ2v) is 5.24. The fraction of sp³-hybridized carbons (Fsp3) is 0.176. The third-order valence-electron chi connectivity index (χ3n) is 3.52. The van der Waals surface area contributed by atoms with Crippen LogP contribution in [0.4, 0.5) is 10.1 Å². The summed E-state index contributed by atoms with van der Waals surface area (Å²) in [6.45, 7) is -0.171. The molecule has 26 heavy (non-hydrogen) atoms. The Morgan fingerprint density at radius 3 is 2.65 bits per heavy atom. The second-order valence-electron chi connectivity index (χ2n) is 5.24. The molecule has 0 unspecified atom stereocenters. The molecule has 3 rings (SSSR count). The van der Waals surface area contributed by atoms with Crippen molar-refractivity contribution in [2.24, 2.45) is 0 Å². The van der Waals surface area contributed by atoms with Crippen LogP contribution in [0.15, 0.2) is 42.5 Å². The minimum Gasteiger partial charge on any atom is -0.493 e. The normalized spacial score (nSPS) is 10.4. The lowest BCUT2D eigenvalue weighted by atomic mass is 10.2. The number of aromatic nitrogens is 4. The molecule has 0 bridgehead atoms. The van der Waals surface area contributed by atoms with Crippen molar-refractivity contribution in [2.75, 3.05) is 19.5 Å². The van der Waals surface area contributed by atoms with E-state index >= 15 is 0 Å². The summed E-state index contributed by atoms with van der Waals surface area (Å²) in [4.78, 5) is 13.3. The minimum absolute atomic E-state index is 0.113. The third kappa shape index (κ3) is 3.77. The highest BCUT2D eigenvalue weighted by Gasteiger charge is 2.13. The van der Waals surface area contributed by atoms with Crippen molar-refractivity contribution in [1.29, 1.82) is 0 Å². The maximum atomic E-state index is 13.7. The minimum atomic E-state index is -0.457. The molecule has 0 saturated carbocycles. The lowest BCUT2D eigenvalue weighted by Crippen LogP contribution is -2.20. The molecule has 0 aliphatic rings. The Balaban J connectivity index is 1.68. The Morgan fingerprint density at radius 1 is 1.15 bits per heavy atom. The van der Waals surface area contributed by atoms with Crippen molar-refractivity contribution in [3.05, 3.63) is 48.3 Å². The first-order valence-electron chi connectivity index (χ1n) is 7.65. The van der Waals surface area contributed by atoms with Gasteiger partial charge in [0.05, 0.1) is 19.8 Å². The van der Waals surface area contributed by atoms with Crippen molar-refractivity contribution in [3.63, 3.8) is 0 Å². The zero-order valence-electron chi connectivity index (χ0n) is 14.1. The van der Waals surface area contributed by atoms with Gasteiger partial charge in [0, 0.05) is 11.8 Å². The molecule has 1 aromatic heterocycles. The van der Waals surface area contributed by atoms with E-state index in [1.807, 2.05) is 0 Å². The van der Waals surface area contributed by atoms with Gasteiger partial charge < -0.3 is 14.8 Å². The van der Waals surface area contributed by atoms with Crippen LogP contribution in [-0.2, 0) is 11.3 Å². The topological polar surface area (TPSA) is 91.2 Å². The van der Waals surface area contributed by atoms with Gasteiger partial charge in [0.15, 0.2) is 11.5 Å². The summed E-state index contributed by atoms with van der Waals surface area (Å²) < 4.78 is 24.1. The van der Waals surface area contributed by atoms with Crippen LogP contribution in [0, 0.1) is 5.82 Å². The molecule has 0 saturated heterocycles. The Bertz CT molecular complexity index is 928. The lowest BCUT2D eigenvalue weighted by molar-refractivity contribution is -0.117. The predicted octanol–water partition coefficient (Wildman–Crippen LogP) is 2.14. The summed E-state index contributed by atoms with van der Waals surface area (Å²) in [6, 6.07) is 11.1. The van der Waals surface area contributed by atoms with E-state index in [9.17, 15) is 9.18 Å². The molecule has 1 N–H and O–H groups in total. The van der Waals surface area contributed by atoms with Gasteiger partial charge in [-0.2, -0.15) is 4.80 Å². The molecule has 1 heterocycles. The summed E-state index contributed by atoms with van der Waals surface area (Å²) in [6.07, 6.45) is 0. The molecule has 3 aromatic rings. The number of halogens is 1. The maximum absolute atomic E-state index is 13.7. The second kappa shape index (κ2) is 7.60. The number of tetrazole rings is 1. The van der Waals surface area contributed by atoms with Crippen LogP contribution < -0.4 is 14.8 Å². The van der Waals surface area contributed by atoms with E-state index in [1.165, 1.54) is 20.3 Å². The van der Waals surface area contributed by atoms with Crippen molar-refractivity contribution < 1.29 is 18.7 Å². The van der Waals surface area contributed by atoms with E-state index < -0.39 is 5.82 Å². The Morgan fingerprint density at radius 2 is 1.92 bits per heavy atom. The van der Waals surface area contributed by atoms with Gasteiger partial charge in [0.2, 0.25) is 11.7 Å². The third-order valence-corrected chi connectivity index (χ3v) is 3.52. The largest absolute Gasteiger partial charge is 0.493 e. The number of ether oxygens (including phenoxy) is 2. The number of nitrogens with zero attached hydrogens (tertiary/aromatic N) is 4. The Hall–Kier alpha value is -3.49. The first-order chi connectivity index (χ1) is 12.6. The molecule has 0 spiro atoms. The quantitative estimate of drug-likeness (QED) is 0.727. The molecule has 134 valence electrons. The van der Waals surface area contributed by atoms with Gasteiger partial charge in [0.25, 0.3) is 0 Å². The van der Waals surface area contributed by atoms with Gasteiger partial charge in [-0.1, -0.05) is 12.1 Å². The van der Waals surface area contributed by atoms with Crippen LogP contribution in [0.3, 0.4) is 0 Å². The zero-order chi connectivity index (χ0) is 18.5. The SMILES string of the molecule is COc1ccc(NC(=O)Cn2nnc(-c3ccccc3F)n2)cc1OC. The average Bonchev–Trinajstić information content (AvgIpc) is 3.10. The van der Waals surface area contributed by atoms with Crippen molar-refractivity contribution in [2.45, 2.75) is 6.54 Å². The van der Waals surface area contributed by atoms with Crippen molar-refractivity contribution in [3.8, 4) is 22.9 Å². The van der Waals surface area contributed by atoms with Gasteiger partial charge >= 0.3 is 0 Å². The van der Waals surface area contributed by atoms with E-state index in [0.717, 1.165) is 4.80 Å². The number of nitrogens with one attached hydrogen (secondary N) is 1. The monoisotopic (exact) mass is 357 g/mol. The van der Waals surface area contributed by atoms with E-state index in [1.54, 1.807) is 36.4 Å². The number of anilines is 1. The number of carbonyl (C=O) groups is 1. The van der Waals surface area contributed by atoms with Gasteiger partial charge in [-0.3, -0.25) is 4.79 Å². The summed E-state index contributed by atoms with van der Waals surface area (Å²) in [5, 5.41) is 14.3. The highest BCUT2D eigenvalue weighted by molar-refractivity contribution is 5.90. The fourth-order valence-corrected chi connectivity index (χ4v) is 2.30. The summed E-state index contributed by atoms with van der Waals surface area (Å²) in [5.74, 6) is 0.336. The zero-order valence-corrected chi connectivity index (χ0v) is 14.1. The van der Waals surface area contributed by atoms with Gasteiger partial charge in [-0.15, -0.1) is 10.2 Å². The van der Waals surface area contributed by atoms with Gasteiger partial charge in [-0.05, 0) is 29.5 Å². The number of methoxy groups -OCH3 is 2. The van der Waals surface area contributed by atoms with E-state index in [-0.39, 0.29) is 23.8 Å². The first-order valence-corrected chi connectivity index (χ1v) is 7.65. The van der Waals surface area contributed by atoms with Crippen LogP contribution >= 0.6 is 0 Å². The lowest BCUT2D eigenvalue weighted by Gasteiger charge is -2.10. The first kappa shape index (κ1) is 17.3. The van der Waals surface area contributed by atoms with E-state index in [2.05, 4.69) is 20.7 Å². The van der Waals surface area contributed by atoms with Crippen molar-refractivity contribution >= 4 is 11.6 Å². The molecule has 0 radical (unpaired) electrons. The van der Waals surface area contributed by atoms with Crippen LogP contribution in [0.2, 0.25) is 0 Å². The molecule has 0 atom stereocenters. The predicted molar refractivity (Wildman–Crippen MR) is 91.4 cm³/mol. The molecule has 1 amide bonds. The molecule has 8 nitrogen and oxygen atoms in total. The molecular formula is C17H16FN5O3. The highest BCUT2D eigenvalue weighted by Crippen LogP contribution is 2.29. The highest BCUT2D eigenvalue weighted by atomic mass is 19.1. The summed E-state index contributed by atoms with van der Waals surface area (Å²) in [5.41, 5.74) is 0.751. The van der Waals surface area contributed by atoms with Crippen LogP contribution in [-0.4, -0.2) is 40.3 Å². The number of hydrogen-bond acceptors (Lipinski definition) is 6. The summed E-state index contributed by atoms with van der Waals surface area (Å²) in [7, 11) is 3.03. The Kier molecular flexibility index (Phi) is 5.07. The number of benzene rings is 2. The number of amides is 1. The smallest absolute Gasteiger partial charge is 0.248 e. The molecule has 2 aromatic carbocycles. The molecular weight excluding hydrogens is 341 g/mol. The van der Waals surface area contributed by atoms with E-state index in [0.29, 0.717) is 17.2 Å². The standard InChI is InChI=1S/C17H16FN5O3/c1-25-14-8-7-11(9-15(14)26-2)19-16(24)10-23-21-17(20-22-23)12-5-3-4-6-13(12)18/h3-9H,10H2,1-2H3,(H,19,24). The maximum Gasteiger partial charge on any atom is 0.248 e. The van der Waals surface area contributed by atoms with Crippen LogP contribution in [0.5, 0.6) is 11.5 Å². The Labute approximate surface area is 148 Å². The fourth-order valence-electron chi connectivity index (χ4n) is 2.30. The van der Waals surface area contributed by atoms with Crippen molar-refractivity contribution in [1.82, 2.24) is 20.2 Å². The molecule has 9 heteroatoms.